The fourth-order valence-corrected chi connectivity index (χ4v) is 2.10. The summed E-state index contributed by atoms with van der Waals surface area (Å²) < 4.78 is 5.16. The predicted octanol–water partition coefficient (Wildman–Crippen LogP) is 1.77. The molecule has 0 aromatic carbocycles. The Labute approximate surface area is 103 Å². The van der Waals surface area contributed by atoms with E-state index < -0.39 is 0 Å². The summed E-state index contributed by atoms with van der Waals surface area (Å²) in [5, 5.41) is 14.7. The Morgan fingerprint density at radius 3 is 3.06 bits per heavy atom. The Kier molecular flexibility index (Phi) is 3.52. The fraction of sp³-hybridized carbons (Fsp3) is 0.364. The summed E-state index contributed by atoms with van der Waals surface area (Å²) in [5.41, 5.74) is 0.581. The lowest BCUT2D eigenvalue weighted by atomic mass is 10.3. The molecule has 0 radical (unpaired) electrons. The van der Waals surface area contributed by atoms with Gasteiger partial charge in [-0.05, 0) is 25.5 Å². The average molecular weight is 248 g/mol. The van der Waals surface area contributed by atoms with Crippen molar-refractivity contribution < 1.29 is 4.52 Å². The molecule has 2 aromatic heterocycles. The minimum atomic E-state index is 0.435. The molecule has 0 saturated carbocycles. The first-order chi connectivity index (χ1) is 8.20. The molecule has 0 aliphatic heterocycles. The van der Waals surface area contributed by atoms with Crippen molar-refractivity contribution in [1.82, 2.24) is 15.0 Å². The van der Waals surface area contributed by atoms with Crippen LogP contribution in [0.5, 0.6) is 0 Å². The molecular weight excluding hydrogens is 236 g/mol. The van der Waals surface area contributed by atoms with E-state index >= 15 is 0 Å². The fourth-order valence-electron chi connectivity index (χ4n) is 1.33. The molecule has 0 saturated heterocycles. The van der Waals surface area contributed by atoms with Crippen LogP contribution in [0.1, 0.15) is 11.4 Å². The highest BCUT2D eigenvalue weighted by atomic mass is 32.1. The first kappa shape index (κ1) is 11.8. The minimum absolute atomic E-state index is 0.435. The number of likely N-dealkylation sites (N-methyl/N-ethyl adjacent to an activating group) is 1. The van der Waals surface area contributed by atoms with Crippen LogP contribution in [-0.4, -0.2) is 35.7 Å². The van der Waals surface area contributed by atoms with Gasteiger partial charge < -0.3 is 9.42 Å². The predicted molar refractivity (Wildman–Crippen MR) is 64.6 cm³/mol. The van der Waals surface area contributed by atoms with Crippen LogP contribution in [0.15, 0.2) is 16.0 Å². The number of thiophene rings is 1. The third-order valence-corrected chi connectivity index (χ3v) is 3.13. The minimum Gasteiger partial charge on any atom is -0.333 e. The first-order valence-corrected chi connectivity index (χ1v) is 6.04. The van der Waals surface area contributed by atoms with E-state index in [-0.39, 0.29) is 0 Å². The van der Waals surface area contributed by atoms with Gasteiger partial charge in [-0.3, -0.25) is 0 Å². The Morgan fingerprint density at radius 2 is 2.35 bits per heavy atom. The van der Waals surface area contributed by atoms with Gasteiger partial charge in [-0.15, -0.1) is 11.3 Å². The number of hydrogen-bond donors (Lipinski definition) is 0. The molecule has 2 heterocycles. The van der Waals surface area contributed by atoms with E-state index in [0.29, 0.717) is 17.3 Å². The SMILES string of the molecule is CN(C)CCc1noc(-c2sccc2C#N)n1. The molecule has 88 valence electrons. The van der Waals surface area contributed by atoms with Crippen molar-refractivity contribution >= 4 is 11.3 Å². The van der Waals surface area contributed by atoms with Crippen LogP contribution in [0.4, 0.5) is 0 Å². The van der Waals surface area contributed by atoms with E-state index in [4.69, 9.17) is 9.78 Å². The largest absolute Gasteiger partial charge is 0.333 e. The molecule has 5 nitrogen and oxygen atoms in total. The summed E-state index contributed by atoms with van der Waals surface area (Å²) >= 11 is 1.44. The van der Waals surface area contributed by atoms with E-state index in [9.17, 15) is 0 Å². The highest BCUT2D eigenvalue weighted by Gasteiger charge is 2.14. The normalized spacial score (nSPS) is 10.7. The second kappa shape index (κ2) is 5.08. The summed E-state index contributed by atoms with van der Waals surface area (Å²) in [7, 11) is 3.99. The molecule has 2 aromatic rings. The van der Waals surface area contributed by atoms with Crippen LogP contribution < -0.4 is 0 Å². The van der Waals surface area contributed by atoms with Crippen molar-refractivity contribution in [1.29, 1.82) is 5.26 Å². The van der Waals surface area contributed by atoms with Gasteiger partial charge >= 0.3 is 0 Å². The van der Waals surface area contributed by atoms with Gasteiger partial charge in [0.15, 0.2) is 5.82 Å². The lowest BCUT2D eigenvalue weighted by Gasteiger charge is -2.05. The third-order valence-electron chi connectivity index (χ3n) is 2.23. The van der Waals surface area contributed by atoms with Crippen molar-refractivity contribution in [3.05, 3.63) is 22.8 Å². The topological polar surface area (TPSA) is 66.0 Å². The zero-order valence-corrected chi connectivity index (χ0v) is 10.5. The lowest BCUT2D eigenvalue weighted by molar-refractivity contribution is 0.392. The quantitative estimate of drug-likeness (QED) is 0.825. The maximum Gasteiger partial charge on any atom is 0.269 e. The maximum absolute atomic E-state index is 8.91. The molecule has 0 aliphatic rings. The van der Waals surface area contributed by atoms with Gasteiger partial charge in [0.25, 0.3) is 5.89 Å². The standard InChI is InChI=1S/C11H12N4OS/c1-15(2)5-3-9-13-11(16-14-9)10-8(7-12)4-6-17-10/h4,6H,3,5H2,1-2H3. The monoisotopic (exact) mass is 248 g/mol. The third kappa shape index (κ3) is 2.70. The van der Waals surface area contributed by atoms with Crippen molar-refractivity contribution in [2.75, 3.05) is 20.6 Å². The molecule has 0 spiro atoms. The van der Waals surface area contributed by atoms with E-state index in [1.54, 1.807) is 6.07 Å². The maximum atomic E-state index is 8.91. The number of hydrogen-bond acceptors (Lipinski definition) is 6. The molecule has 0 aliphatic carbocycles. The molecule has 0 amide bonds. The van der Waals surface area contributed by atoms with E-state index in [0.717, 1.165) is 17.8 Å². The second-order valence-electron chi connectivity index (χ2n) is 3.84. The highest BCUT2D eigenvalue weighted by molar-refractivity contribution is 7.13. The van der Waals surface area contributed by atoms with Crippen LogP contribution >= 0.6 is 11.3 Å². The molecule has 0 unspecified atom stereocenters. The summed E-state index contributed by atoms with van der Waals surface area (Å²) in [6.07, 6.45) is 0.740. The van der Waals surface area contributed by atoms with Crippen LogP contribution in [0.2, 0.25) is 0 Å². The van der Waals surface area contributed by atoms with Gasteiger partial charge in [0, 0.05) is 13.0 Å². The molecule has 6 heteroatoms. The number of nitrogens with zero attached hydrogens (tertiary/aromatic N) is 4. The number of aromatic nitrogens is 2. The summed E-state index contributed by atoms with van der Waals surface area (Å²) in [6.45, 7) is 0.870. The highest BCUT2D eigenvalue weighted by Crippen LogP contribution is 2.27. The van der Waals surface area contributed by atoms with Crippen LogP contribution in [0, 0.1) is 11.3 Å². The van der Waals surface area contributed by atoms with Crippen LogP contribution in [-0.2, 0) is 6.42 Å². The molecule has 0 N–H and O–H groups in total. The Morgan fingerprint density at radius 1 is 1.53 bits per heavy atom. The molecular formula is C11H12N4OS. The van der Waals surface area contributed by atoms with E-state index in [1.807, 2.05) is 19.5 Å². The number of rotatable bonds is 4. The van der Waals surface area contributed by atoms with Gasteiger partial charge in [0.1, 0.15) is 10.9 Å². The molecule has 2 rings (SSSR count). The lowest BCUT2D eigenvalue weighted by Crippen LogP contribution is -2.15. The smallest absolute Gasteiger partial charge is 0.269 e. The van der Waals surface area contributed by atoms with Crippen molar-refractivity contribution in [2.45, 2.75) is 6.42 Å². The van der Waals surface area contributed by atoms with Gasteiger partial charge in [-0.2, -0.15) is 10.2 Å². The van der Waals surface area contributed by atoms with E-state index in [1.165, 1.54) is 11.3 Å². The Bertz CT molecular complexity index is 538. The zero-order valence-electron chi connectivity index (χ0n) is 9.67. The van der Waals surface area contributed by atoms with E-state index in [2.05, 4.69) is 21.1 Å². The second-order valence-corrected chi connectivity index (χ2v) is 4.76. The van der Waals surface area contributed by atoms with Gasteiger partial charge in [0.05, 0.1) is 5.56 Å². The molecule has 0 fully saturated rings. The Balaban J connectivity index is 2.16. The van der Waals surface area contributed by atoms with Gasteiger partial charge in [-0.1, -0.05) is 5.16 Å². The van der Waals surface area contributed by atoms with Gasteiger partial charge in [0.2, 0.25) is 0 Å². The molecule has 0 atom stereocenters. The molecule has 0 bridgehead atoms. The zero-order chi connectivity index (χ0) is 12.3. The van der Waals surface area contributed by atoms with Crippen molar-refractivity contribution in [3.8, 4) is 16.8 Å². The summed E-state index contributed by atoms with van der Waals surface area (Å²) in [4.78, 5) is 7.09. The van der Waals surface area contributed by atoms with Crippen molar-refractivity contribution in [3.63, 3.8) is 0 Å². The summed E-state index contributed by atoms with van der Waals surface area (Å²) in [6, 6.07) is 3.86. The first-order valence-electron chi connectivity index (χ1n) is 5.16. The van der Waals surface area contributed by atoms with Crippen molar-refractivity contribution in [2.24, 2.45) is 0 Å². The Hall–Kier alpha value is -1.71. The average Bonchev–Trinajstić information content (AvgIpc) is 2.94. The summed E-state index contributed by atoms with van der Waals surface area (Å²) in [5.74, 6) is 1.11. The van der Waals surface area contributed by atoms with Gasteiger partial charge in [-0.25, -0.2) is 0 Å². The number of nitriles is 1. The van der Waals surface area contributed by atoms with Crippen LogP contribution in [0.25, 0.3) is 10.8 Å². The molecule has 17 heavy (non-hydrogen) atoms. The van der Waals surface area contributed by atoms with Crippen LogP contribution in [0.3, 0.4) is 0 Å².